The van der Waals surface area contributed by atoms with Crippen LogP contribution in [-0.4, -0.2) is 30.9 Å². The van der Waals surface area contributed by atoms with Gasteiger partial charge < -0.3 is 15.5 Å². The zero-order chi connectivity index (χ0) is 22.8. The van der Waals surface area contributed by atoms with E-state index in [2.05, 4.69) is 31.6 Å². The Kier molecular flexibility index (Phi) is 6.05. The van der Waals surface area contributed by atoms with Crippen LogP contribution < -0.4 is 15.5 Å². The van der Waals surface area contributed by atoms with E-state index in [1.807, 2.05) is 19.1 Å². The molecule has 1 aliphatic rings. The molecule has 1 heterocycles. The molecule has 4 rings (SSSR count). The van der Waals surface area contributed by atoms with Gasteiger partial charge in [0.05, 0.1) is 11.4 Å². The van der Waals surface area contributed by atoms with Crippen molar-refractivity contribution in [1.29, 1.82) is 0 Å². The number of benzodiazepines with no additional fused rings is 1. The molecule has 8 heteroatoms. The average Bonchev–Trinajstić information content (AvgIpc) is 2.87. The van der Waals surface area contributed by atoms with Gasteiger partial charge in [-0.05, 0) is 42.8 Å². The van der Waals surface area contributed by atoms with Gasteiger partial charge in [-0.3, -0.25) is 4.79 Å². The number of likely N-dealkylation sites (N-methyl/N-ethyl adjacent to an activating group) is 1. The molecule has 0 aliphatic carbocycles. The van der Waals surface area contributed by atoms with E-state index in [0.717, 1.165) is 10.0 Å². The molecule has 1 atom stereocenters. The molecule has 2 N–H and O–H groups in total. The molecule has 0 saturated carbocycles. The van der Waals surface area contributed by atoms with E-state index in [1.165, 1.54) is 11.0 Å². The van der Waals surface area contributed by atoms with Crippen LogP contribution in [0.5, 0.6) is 0 Å². The second-order valence-electron chi connectivity index (χ2n) is 7.33. The van der Waals surface area contributed by atoms with Crippen LogP contribution in [0.25, 0.3) is 0 Å². The van der Waals surface area contributed by atoms with Gasteiger partial charge in [0, 0.05) is 28.3 Å². The number of benzene rings is 3. The molecular weight excluding hydrogens is 475 g/mol. The van der Waals surface area contributed by atoms with E-state index in [0.29, 0.717) is 22.6 Å². The van der Waals surface area contributed by atoms with Crippen molar-refractivity contribution >= 4 is 45.0 Å². The third kappa shape index (κ3) is 4.27. The van der Waals surface area contributed by atoms with Crippen molar-refractivity contribution in [3.63, 3.8) is 0 Å². The zero-order valence-electron chi connectivity index (χ0n) is 17.4. The van der Waals surface area contributed by atoms with Crippen LogP contribution in [0.3, 0.4) is 0 Å². The molecule has 3 aromatic carbocycles. The summed E-state index contributed by atoms with van der Waals surface area (Å²) < 4.78 is 15.5. The molecule has 162 valence electrons. The summed E-state index contributed by atoms with van der Waals surface area (Å²) in [6.07, 6.45) is -1.24. The quantitative estimate of drug-likeness (QED) is 0.545. The van der Waals surface area contributed by atoms with Gasteiger partial charge in [-0.2, -0.15) is 0 Å². The first-order chi connectivity index (χ1) is 15.3. The molecule has 0 radical (unpaired) electrons. The molecule has 3 amide bonds. The first-order valence-electron chi connectivity index (χ1n) is 9.88. The number of fused-ring (bicyclic) bond motifs is 1. The number of halogens is 2. The third-order valence-corrected chi connectivity index (χ3v) is 5.68. The lowest BCUT2D eigenvalue weighted by molar-refractivity contribution is -0.119. The number of para-hydroxylation sites is 1. The second kappa shape index (κ2) is 8.92. The summed E-state index contributed by atoms with van der Waals surface area (Å²) in [5.41, 5.74) is 3.16. The van der Waals surface area contributed by atoms with Crippen LogP contribution in [-0.2, 0) is 4.79 Å². The predicted octanol–water partition coefficient (Wildman–Crippen LogP) is 4.86. The van der Waals surface area contributed by atoms with E-state index in [4.69, 9.17) is 0 Å². The fraction of sp³-hybridized carbons (Fsp3) is 0.125. The summed E-state index contributed by atoms with van der Waals surface area (Å²) in [6.45, 7) is 1.86. The smallest absolute Gasteiger partial charge is 0.311 e. The van der Waals surface area contributed by atoms with Crippen LogP contribution in [0.1, 0.15) is 16.7 Å². The first-order valence-corrected chi connectivity index (χ1v) is 10.7. The number of nitrogens with one attached hydrogen (secondary N) is 2. The summed E-state index contributed by atoms with van der Waals surface area (Å²) in [4.78, 5) is 31.8. The van der Waals surface area contributed by atoms with Crippen molar-refractivity contribution in [2.24, 2.45) is 4.99 Å². The molecular formula is C24H20BrFN4O2. The minimum Gasteiger partial charge on any atom is -0.311 e. The SMILES string of the molecule is Cc1ccc(Br)cc1NC(=O)NC1N=C(c2ccccc2F)c2ccccc2N(C)C1=O. The molecule has 0 bridgehead atoms. The number of nitrogens with zero attached hydrogens (tertiary/aromatic N) is 2. The molecule has 0 spiro atoms. The largest absolute Gasteiger partial charge is 0.321 e. The number of urea groups is 1. The Balaban J connectivity index is 1.72. The van der Waals surface area contributed by atoms with E-state index < -0.39 is 23.9 Å². The summed E-state index contributed by atoms with van der Waals surface area (Å²) in [7, 11) is 1.60. The summed E-state index contributed by atoms with van der Waals surface area (Å²) in [5, 5.41) is 5.37. The van der Waals surface area contributed by atoms with Crippen molar-refractivity contribution in [2.45, 2.75) is 13.1 Å². The first kappa shape index (κ1) is 21.7. The van der Waals surface area contributed by atoms with Crippen molar-refractivity contribution in [2.75, 3.05) is 17.3 Å². The lowest BCUT2D eigenvalue weighted by Gasteiger charge is -2.21. The number of aryl methyl sites for hydroxylation is 1. The molecule has 32 heavy (non-hydrogen) atoms. The standard InChI is InChI=1S/C24H20BrFN4O2/c1-14-11-12-15(25)13-19(14)27-24(32)29-22-23(31)30(2)20-10-6-4-8-17(20)21(28-22)16-7-3-5-9-18(16)26/h3-13,22H,1-2H3,(H2,27,29,32). The number of rotatable bonds is 3. The maximum absolute atomic E-state index is 14.7. The number of anilines is 2. The Labute approximate surface area is 193 Å². The van der Waals surface area contributed by atoms with Crippen molar-refractivity contribution < 1.29 is 14.0 Å². The Morgan fingerprint density at radius 1 is 1.06 bits per heavy atom. The van der Waals surface area contributed by atoms with Crippen LogP contribution in [0.4, 0.5) is 20.6 Å². The van der Waals surface area contributed by atoms with Crippen molar-refractivity contribution in [3.8, 4) is 0 Å². The van der Waals surface area contributed by atoms with Crippen molar-refractivity contribution in [1.82, 2.24) is 5.32 Å². The molecule has 6 nitrogen and oxygen atoms in total. The maximum atomic E-state index is 14.7. The summed E-state index contributed by atoms with van der Waals surface area (Å²) in [6, 6.07) is 18.2. The number of carbonyl (C=O) groups is 2. The van der Waals surface area contributed by atoms with Crippen LogP contribution in [0, 0.1) is 12.7 Å². The molecule has 1 aliphatic heterocycles. The summed E-state index contributed by atoms with van der Waals surface area (Å²) in [5.74, 6) is -0.907. The monoisotopic (exact) mass is 494 g/mol. The van der Waals surface area contributed by atoms with Gasteiger partial charge in [-0.25, -0.2) is 14.2 Å². The normalized spacial score (nSPS) is 15.5. The van der Waals surface area contributed by atoms with Gasteiger partial charge in [0.1, 0.15) is 5.82 Å². The summed E-state index contributed by atoms with van der Waals surface area (Å²) >= 11 is 3.38. The zero-order valence-corrected chi connectivity index (χ0v) is 19.0. The Morgan fingerprint density at radius 2 is 1.75 bits per heavy atom. The van der Waals surface area contributed by atoms with Gasteiger partial charge in [0.25, 0.3) is 5.91 Å². The van der Waals surface area contributed by atoms with Gasteiger partial charge in [0.15, 0.2) is 0 Å². The average molecular weight is 495 g/mol. The topological polar surface area (TPSA) is 73.8 Å². The minimum absolute atomic E-state index is 0.248. The number of aliphatic imine (C=N–C) groups is 1. The highest BCUT2D eigenvalue weighted by Crippen LogP contribution is 2.28. The highest BCUT2D eigenvalue weighted by Gasteiger charge is 2.31. The van der Waals surface area contributed by atoms with E-state index in [-0.39, 0.29) is 5.56 Å². The van der Waals surface area contributed by atoms with Gasteiger partial charge in [-0.1, -0.05) is 52.3 Å². The third-order valence-electron chi connectivity index (χ3n) is 5.19. The molecule has 3 aromatic rings. The Hall–Kier alpha value is -3.52. The highest BCUT2D eigenvalue weighted by atomic mass is 79.9. The molecule has 0 saturated heterocycles. The van der Waals surface area contributed by atoms with Crippen LogP contribution in [0.15, 0.2) is 76.2 Å². The van der Waals surface area contributed by atoms with Gasteiger partial charge in [-0.15, -0.1) is 0 Å². The van der Waals surface area contributed by atoms with Gasteiger partial charge in [0.2, 0.25) is 6.17 Å². The van der Waals surface area contributed by atoms with E-state index in [1.54, 1.807) is 55.6 Å². The molecule has 1 unspecified atom stereocenters. The lowest BCUT2D eigenvalue weighted by Crippen LogP contribution is -2.47. The Bertz CT molecular complexity index is 1240. The fourth-order valence-electron chi connectivity index (χ4n) is 3.50. The fourth-order valence-corrected chi connectivity index (χ4v) is 3.86. The highest BCUT2D eigenvalue weighted by molar-refractivity contribution is 9.10. The number of amides is 3. The van der Waals surface area contributed by atoms with E-state index >= 15 is 0 Å². The Morgan fingerprint density at radius 3 is 2.50 bits per heavy atom. The predicted molar refractivity (Wildman–Crippen MR) is 127 cm³/mol. The maximum Gasteiger partial charge on any atom is 0.321 e. The minimum atomic E-state index is -1.24. The second-order valence-corrected chi connectivity index (χ2v) is 8.25. The van der Waals surface area contributed by atoms with Crippen LogP contribution in [0.2, 0.25) is 0 Å². The number of hydrogen-bond acceptors (Lipinski definition) is 3. The van der Waals surface area contributed by atoms with Crippen molar-refractivity contribution in [3.05, 3.63) is 93.7 Å². The number of hydrogen-bond donors (Lipinski definition) is 2. The molecule has 0 fully saturated rings. The molecule has 0 aromatic heterocycles. The lowest BCUT2D eigenvalue weighted by atomic mass is 10.00. The van der Waals surface area contributed by atoms with E-state index in [9.17, 15) is 14.0 Å². The van der Waals surface area contributed by atoms with Crippen LogP contribution >= 0.6 is 15.9 Å². The number of carbonyl (C=O) groups excluding carboxylic acids is 2. The van der Waals surface area contributed by atoms with Gasteiger partial charge >= 0.3 is 6.03 Å².